The number of hydrogen-bond donors (Lipinski definition) is 4. The number of halogens is 1. The van der Waals surface area contributed by atoms with Crippen molar-refractivity contribution in [3.05, 3.63) is 52.0 Å². The molecule has 194 valence electrons. The number of hydrogen-bond acceptors (Lipinski definition) is 6. The predicted octanol–water partition coefficient (Wildman–Crippen LogP) is 6.58. The Morgan fingerprint density at radius 1 is 1.23 bits per heavy atom. The summed E-state index contributed by atoms with van der Waals surface area (Å²) < 4.78 is 1.83. The molecule has 0 spiro atoms. The third-order valence-electron chi connectivity index (χ3n) is 5.48. The van der Waals surface area contributed by atoms with Gasteiger partial charge in [0.25, 0.3) is 0 Å². The second-order valence-electron chi connectivity index (χ2n) is 7.78. The van der Waals surface area contributed by atoms with Gasteiger partial charge < -0.3 is 21.8 Å². The molecule has 1 aliphatic heterocycles. The molecule has 0 bridgehead atoms. The highest BCUT2D eigenvalue weighted by Gasteiger charge is 2.18. The minimum absolute atomic E-state index is 0.127. The maximum absolute atomic E-state index is 12.6. The normalized spacial score (nSPS) is 13.3. The van der Waals surface area contributed by atoms with E-state index in [0.717, 1.165) is 48.4 Å². The number of carbonyl (C=O) groups is 1. The monoisotopic (exact) mass is 519 g/mol. The third kappa shape index (κ3) is 9.49. The fraction of sp³-hybridized carbons (Fsp3) is 0.481. The molecule has 0 saturated carbocycles. The summed E-state index contributed by atoms with van der Waals surface area (Å²) in [5.74, 6) is 0.342. The lowest BCUT2D eigenvalue weighted by Crippen LogP contribution is -2.27. The van der Waals surface area contributed by atoms with E-state index in [1.807, 2.05) is 69.4 Å². The van der Waals surface area contributed by atoms with Crippen molar-refractivity contribution in [3.8, 4) is 0 Å². The van der Waals surface area contributed by atoms with Crippen molar-refractivity contribution in [2.24, 2.45) is 0 Å². The average Bonchev–Trinajstić information content (AvgIpc) is 2.88. The van der Waals surface area contributed by atoms with Crippen LogP contribution in [-0.4, -0.2) is 43.1 Å². The number of likely N-dealkylation sites (N-methyl/N-ethyl adjacent to an activating group) is 1. The number of nitrogens with two attached hydrogens (primary N) is 1. The van der Waals surface area contributed by atoms with E-state index >= 15 is 0 Å². The standard InChI is InChI=1S/C23H30ClN5OS.2C2H6/c1-3-15-10-17(13-25)23(26)21(11-15)31-29(2)14-22(30)28-18-4-5-19(20(24)12-18)16-6-8-27-9-7-16;2*1-2/h4-5,10-13,16,25,27H,3,6-9,14,26H2,1-2H3,(H,28,30);2*1-2H3. The van der Waals surface area contributed by atoms with Crippen LogP contribution in [0.1, 0.15) is 70.1 Å². The largest absolute Gasteiger partial charge is 0.397 e. The van der Waals surface area contributed by atoms with Gasteiger partial charge in [0, 0.05) is 27.4 Å². The molecule has 1 aliphatic rings. The number of carbonyl (C=O) groups excluding carboxylic acids is 1. The van der Waals surface area contributed by atoms with Gasteiger partial charge in [-0.15, -0.1) is 0 Å². The molecule has 8 heteroatoms. The van der Waals surface area contributed by atoms with E-state index < -0.39 is 0 Å². The summed E-state index contributed by atoms with van der Waals surface area (Å²) in [5.41, 5.74) is 10.4. The van der Waals surface area contributed by atoms with E-state index in [0.29, 0.717) is 27.9 Å². The van der Waals surface area contributed by atoms with E-state index in [1.54, 1.807) is 0 Å². The zero-order valence-corrected chi connectivity index (χ0v) is 23.6. The minimum atomic E-state index is -0.127. The van der Waals surface area contributed by atoms with Gasteiger partial charge >= 0.3 is 0 Å². The Labute approximate surface area is 221 Å². The fourth-order valence-corrected chi connectivity index (χ4v) is 5.05. The number of rotatable bonds is 8. The van der Waals surface area contributed by atoms with E-state index in [-0.39, 0.29) is 12.5 Å². The van der Waals surface area contributed by atoms with Crippen LogP contribution in [0.15, 0.2) is 35.2 Å². The maximum atomic E-state index is 12.6. The van der Waals surface area contributed by atoms with Crippen LogP contribution >= 0.6 is 23.5 Å². The lowest BCUT2D eigenvalue weighted by molar-refractivity contribution is -0.116. The van der Waals surface area contributed by atoms with Crippen molar-refractivity contribution in [1.29, 1.82) is 5.41 Å². The van der Waals surface area contributed by atoms with Gasteiger partial charge in [0.05, 0.1) is 12.2 Å². The van der Waals surface area contributed by atoms with Crippen molar-refractivity contribution in [2.45, 2.75) is 64.7 Å². The first-order chi connectivity index (χ1) is 16.9. The van der Waals surface area contributed by atoms with Gasteiger partial charge in [0.1, 0.15) is 0 Å². The van der Waals surface area contributed by atoms with Crippen molar-refractivity contribution in [2.75, 3.05) is 37.7 Å². The summed E-state index contributed by atoms with van der Waals surface area (Å²) in [7, 11) is 1.85. The zero-order chi connectivity index (χ0) is 26.4. The van der Waals surface area contributed by atoms with E-state index in [9.17, 15) is 4.79 Å². The van der Waals surface area contributed by atoms with Gasteiger partial charge in [-0.3, -0.25) is 4.79 Å². The average molecular weight is 520 g/mol. The molecule has 0 aliphatic carbocycles. The summed E-state index contributed by atoms with van der Waals surface area (Å²) in [6, 6.07) is 9.73. The van der Waals surface area contributed by atoms with Crippen LogP contribution < -0.4 is 16.4 Å². The van der Waals surface area contributed by atoms with E-state index in [2.05, 4.69) is 17.6 Å². The van der Waals surface area contributed by atoms with Gasteiger partial charge in [0.2, 0.25) is 5.91 Å². The Bertz CT molecular complexity index is 947. The number of amides is 1. The van der Waals surface area contributed by atoms with Crippen LogP contribution in [0.25, 0.3) is 0 Å². The summed E-state index contributed by atoms with van der Waals surface area (Å²) in [4.78, 5) is 13.4. The number of piperidine rings is 1. The summed E-state index contributed by atoms with van der Waals surface area (Å²) >= 11 is 7.92. The number of nitrogen functional groups attached to an aromatic ring is 1. The highest BCUT2D eigenvalue weighted by Crippen LogP contribution is 2.33. The molecule has 2 aromatic carbocycles. The number of nitrogens with one attached hydrogen (secondary N) is 3. The molecule has 35 heavy (non-hydrogen) atoms. The molecule has 0 radical (unpaired) electrons. The van der Waals surface area contributed by atoms with Crippen molar-refractivity contribution in [1.82, 2.24) is 9.62 Å². The molecule has 6 nitrogen and oxygen atoms in total. The lowest BCUT2D eigenvalue weighted by atomic mass is 9.90. The van der Waals surface area contributed by atoms with Crippen LogP contribution in [0.2, 0.25) is 5.02 Å². The molecule has 1 fully saturated rings. The van der Waals surface area contributed by atoms with Crippen LogP contribution in [0.3, 0.4) is 0 Å². The molecular formula is C27H42ClN5OS. The van der Waals surface area contributed by atoms with Crippen LogP contribution in [0, 0.1) is 5.41 Å². The topological polar surface area (TPSA) is 94.2 Å². The second-order valence-corrected chi connectivity index (χ2v) is 9.43. The molecule has 5 N–H and O–H groups in total. The molecule has 1 saturated heterocycles. The molecule has 3 rings (SSSR count). The summed E-state index contributed by atoms with van der Waals surface area (Å²) in [6.45, 7) is 12.3. The highest BCUT2D eigenvalue weighted by molar-refractivity contribution is 7.97. The summed E-state index contributed by atoms with van der Waals surface area (Å²) in [5, 5.41) is 14.6. The molecular weight excluding hydrogens is 478 g/mol. The first-order valence-electron chi connectivity index (χ1n) is 12.5. The van der Waals surface area contributed by atoms with Gasteiger partial charge in [-0.2, -0.15) is 0 Å². The maximum Gasteiger partial charge on any atom is 0.239 e. The fourth-order valence-electron chi connectivity index (χ4n) is 3.78. The molecule has 1 heterocycles. The molecule has 0 atom stereocenters. The first kappa shape index (κ1) is 31.0. The van der Waals surface area contributed by atoms with Crippen molar-refractivity contribution < 1.29 is 4.79 Å². The third-order valence-corrected chi connectivity index (χ3v) is 6.78. The SMILES string of the molecule is CC.CC.CCc1cc(C=N)c(N)c(SN(C)CC(=O)Nc2ccc(C3CCNCC3)c(Cl)c2)c1. The van der Waals surface area contributed by atoms with E-state index in [4.69, 9.17) is 22.7 Å². The molecule has 0 unspecified atom stereocenters. The second kappa shape index (κ2) is 16.6. The minimum Gasteiger partial charge on any atom is -0.397 e. The number of anilines is 2. The zero-order valence-electron chi connectivity index (χ0n) is 22.0. The van der Waals surface area contributed by atoms with Gasteiger partial charge in [0.15, 0.2) is 0 Å². The number of benzene rings is 2. The Kier molecular flexibility index (Phi) is 14.7. The smallest absolute Gasteiger partial charge is 0.239 e. The van der Waals surface area contributed by atoms with Crippen molar-refractivity contribution >= 4 is 47.0 Å². The van der Waals surface area contributed by atoms with Gasteiger partial charge in [-0.1, -0.05) is 52.3 Å². The predicted molar refractivity (Wildman–Crippen MR) is 154 cm³/mol. The quantitative estimate of drug-likeness (QED) is 0.179. The first-order valence-corrected chi connectivity index (χ1v) is 13.7. The number of aryl methyl sites for hydroxylation is 1. The Hall–Kier alpha value is -2.06. The van der Waals surface area contributed by atoms with Crippen LogP contribution in [0.5, 0.6) is 0 Å². The lowest BCUT2D eigenvalue weighted by Gasteiger charge is -2.24. The number of nitrogens with zero attached hydrogens (tertiary/aromatic N) is 1. The van der Waals surface area contributed by atoms with Gasteiger partial charge in [-0.05, 0) is 92.7 Å². The van der Waals surface area contributed by atoms with Gasteiger partial charge in [-0.25, -0.2) is 4.31 Å². The molecule has 1 amide bonds. The van der Waals surface area contributed by atoms with Crippen LogP contribution in [0.4, 0.5) is 11.4 Å². The van der Waals surface area contributed by atoms with Crippen LogP contribution in [-0.2, 0) is 11.2 Å². The Morgan fingerprint density at radius 3 is 2.46 bits per heavy atom. The molecule has 2 aromatic rings. The van der Waals surface area contributed by atoms with E-state index in [1.165, 1.54) is 18.2 Å². The summed E-state index contributed by atoms with van der Waals surface area (Å²) in [6.07, 6.45) is 4.28. The highest BCUT2D eigenvalue weighted by atomic mass is 35.5. The molecule has 0 aromatic heterocycles. The van der Waals surface area contributed by atoms with Crippen molar-refractivity contribution in [3.63, 3.8) is 0 Å². The Balaban J connectivity index is 0.00000145. The Morgan fingerprint density at radius 2 is 1.89 bits per heavy atom.